The van der Waals surface area contributed by atoms with Crippen LogP contribution in [0.25, 0.3) is 0 Å². The minimum Gasteiger partial charge on any atom is -0.397 e. The van der Waals surface area contributed by atoms with Crippen LogP contribution in [0.2, 0.25) is 5.02 Å². The van der Waals surface area contributed by atoms with Crippen molar-refractivity contribution in [2.75, 3.05) is 16.4 Å². The number of amides is 2. The van der Waals surface area contributed by atoms with Gasteiger partial charge >= 0.3 is 6.03 Å². The molecule has 5 heteroatoms. The number of anilines is 3. The first-order chi connectivity index (χ1) is 10.1. The summed E-state index contributed by atoms with van der Waals surface area (Å²) in [5, 5.41) is 5.94. The van der Waals surface area contributed by atoms with Gasteiger partial charge in [0.05, 0.1) is 10.7 Å². The molecular weight excluding hydrogens is 286 g/mol. The van der Waals surface area contributed by atoms with Crippen molar-refractivity contribution in [1.29, 1.82) is 0 Å². The van der Waals surface area contributed by atoms with Crippen molar-refractivity contribution in [2.24, 2.45) is 0 Å². The number of carbonyl (C=O) groups excluding carboxylic acids is 1. The highest BCUT2D eigenvalue weighted by atomic mass is 35.5. The van der Waals surface area contributed by atoms with Crippen LogP contribution in [0.3, 0.4) is 0 Å². The number of aryl methyl sites for hydroxylation is 1. The second-order valence-corrected chi connectivity index (χ2v) is 4.54. The monoisotopic (exact) mass is 305 g/mol. The Hall–Kier alpha value is -2.20. The number of halogens is 1. The molecule has 112 valence electrons. The molecule has 2 amide bonds. The molecule has 0 atom stereocenters. The van der Waals surface area contributed by atoms with Crippen LogP contribution >= 0.6 is 11.6 Å². The third kappa shape index (κ3) is 5.00. The Labute approximate surface area is 130 Å². The highest BCUT2D eigenvalue weighted by Crippen LogP contribution is 2.26. The summed E-state index contributed by atoms with van der Waals surface area (Å²) in [6.45, 7) is 5.85. The van der Waals surface area contributed by atoms with Gasteiger partial charge in [-0.25, -0.2) is 4.79 Å². The number of nitrogen functional groups attached to an aromatic ring is 1. The van der Waals surface area contributed by atoms with Crippen molar-refractivity contribution >= 4 is 34.7 Å². The molecule has 0 unspecified atom stereocenters. The molecule has 2 rings (SSSR count). The van der Waals surface area contributed by atoms with Gasteiger partial charge in [0, 0.05) is 11.4 Å². The van der Waals surface area contributed by atoms with E-state index >= 15 is 0 Å². The van der Waals surface area contributed by atoms with Gasteiger partial charge < -0.3 is 16.4 Å². The zero-order valence-corrected chi connectivity index (χ0v) is 13.2. The molecule has 4 N–H and O–H groups in total. The van der Waals surface area contributed by atoms with Crippen molar-refractivity contribution in [3.05, 3.63) is 53.1 Å². The Morgan fingerprint density at radius 2 is 1.71 bits per heavy atom. The lowest BCUT2D eigenvalue weighted by Gasteiger charge is -2.11. The lowest BCUT2D eigenvalue weighted by Crippen LogP contribution is -2.20. The van der Waals surface area contributed by atoms with Gasteiger partial charge in [0.2, 0.25) is 0 Å². The fourth-order valence-electron chi connectivity index (χ4n) is 1.63. The SMILES string of the molecule is CC.Cc1cc(Cl)c(N)cc1NC(=O)Nc1ccccc1. The fourth-order valence-corrected chi connectivity index (χ4v) is 1.85. The molecule has 21 heavy (non-hydrogen) atoms. The Morgan fingerprint density at radius 1 is 1.10 bits per heavy atom. The van der Waals surface area contributed by atoms with Crippen LogP contribution in [0, 0.1) is 6.92 Å². The first-order valence-electron chi connectivity index (χ1n) is 6.75. The Kier molecular flexibility index (Phi) is 6.56. The number of hydrogen-bond acceptors (Lipinski definition) is 2. The quantitative estimate of drug-likeness (QED) is 0.691. The molecule has 0 aromatic heterocycles. The summed E-state index contributed by atoms with van der Waals surface area (Å²) in [4.78, 5) is 11.8. The minimum absolute atomic E-state index is 0.323. The highest BCUT2D eigenvalue weighted by Gasteiger charge is 2.07. The molecule has 2 aromatic rings. The average Bonchev–Trinajstić information content (AvgIpc) is 2.48. The summed E-state index contributed by atoms with van der Waals surface area (Å²) >= 11 is 5.90. The second-order valence-electron chi connectivity index (χ2n) is 4.13. The largest absolute Gasteiger partial charge is 0.397 e. The fraction of sp³-hybridized carbons (Fsp3) is 0.188. The van der Waals surface area contributed by atoms with E-state index < -0.39 is 0 Å². The van der Waals surface area contributed by atoms with Crippen LogP contribution in [0.4, 0.5) is 21.9 Å². The topological polar surface area (TPSA) is 67.1 Å². The molecule has 0 radical (unpaired) electrons. The van der Waals surface area contributed by atoms with Crippen molar-refractivity contribution in [2.45, 2.75) is 20.8 Å². The van der Waals surface area contributed by atoms with Crippen LogP contribution in [0.15, 0.2) is 42.5 Å². The highest BCUT2D eigenvalue weighted by molar-refractivity contribution is 6.33. The van der Waals surface area contributed by atoms with Gasteiger partial charge in [0.1, 0.15) is 0 Å². The molecule has 0 aliphatic rings. The maximum Gasteiger partial charge on any atom is 0.323 e. The van der Waals surface area contributed by atoms with Crippen LogP contribution in [0.1, 0.15) is 19.4 Å². The normalized spacial score (nSPS) is 9.33. The van der Waals surface area contributed by atoms with E-state index in [2.05, 4.69) is 10.6 Å². The smallest absolute Gasteiger partial charge is 0.323 e. The van der Waals surface area contributed by atoms with Gasteiger partial charge in [-0.1, -0.05) is 43.6 Å². The average molecular weight is 306 g/mol. The number of nitrogens with two attached hydrogens (primary N) is 1. The third-order valence-corrected chi connectivity index (χ3v) is 2.95. The number of hydrogen-bond donors (Lipinski definition) is 3. The lowest BCUT2D eigenvalue weighted by atomic mass is 10.2. The molecule has 0 saturated heterocycles. The van der Waals surface area contributed by atoms with Crippen LogP contribution in [-0.2, 0) is 0 Å². The maximum absolute atomic E-state index is 11.8. The molecule has 0 heterocycles. The van der Waals surface area contributed by atoms with Gasteiger partial charge in [-0.2, -0.15) is 0 Å². The number of carbonyl (C=O) groups is 1. The molecular formula is C16H20ClN3O. The van der Waals surface area contributed by atoms with Gasteiger partial charge in [-0.15, -0.1) is 0 Å². The van der Waals surface area contributed by atoms with Gasteiger partial charge in [-0.3, -0.25) is 0 Å². The maximum atomic E-state index is 11.8. The Balaban J connectivity index is 0.00000106. The van der Waals surface area contributed by atoms with E-state index in [1.165, 1.54) is 0 Å². The Morgan fingerprint density at radius 3 is 2.33 bits per heavy atom. The summed E-state index contributed by atoms with van der Waals surface area (Å²) in [6, 6.07) is 12.2. The molecule has 4 nitrogen and oxygen atoms in total. The van der Waals surface area contributed by atoms with Gasteiger partial charge in [0.25, 0.3) is 0 Å². The molecule has 0 bridgehead atoms. The van der Waals surface area contributed by atoms with E-state index in [0.717, 1.165) is 11.3 Å². The predicted octanol–water partition coefficient (Wildman–Crippen LogP) is 4.90. The molecule has 0 aliphatic carbocycles. The molecule has 0 spiro atoms. The van der Waals surface area contributed by atoms with Crippen molar-refractivity contribution in [3.8, 4) is 0 Å². The molecule has 0 fully saturated rings. The van der Waals surface area contributed by atoms with Crippen molar-refractivity contribution in [3.63, 3.8) is 0 Å². The summed E-state index contributed by atoms with van der Waals surface area (Å²) in [5.41, 5.74) is 8.35. The first-order valence-corrected chi connectivity index (χ1v) is 7.13. The van der Waals surface area contributed by atoms with Gasteiger partial charge in [-0.05, 0) is 36.8 Å². The van der Waals surface area contributed by atoms with E-state index in [4.69, 9.17) is 17.3 Å². The summed E-state index contributed by atoms with van der Waals surface area (Å²) in [5.74, 6) is 0. The number of urea groups is 1. The van der Waals surface area contributed by atoms with E-state index in [1.807, 2.05) is 51.1 Å². The lowest BCUT2D eigenvalue weighted by molar-refractivity contribution is 0.262. The second kappa shape index (κ2) is 8.17. The standard InChI is InChI=1S/C14H14ClN3O.C2H6/c1-9-7-11(15)12(16)8-13(9)18-14(19)17-10-5-3-2-4-6-10;1-2/h2-8H,16H2,1H3,(H2,17,18,19);1-2H3. The van der Waals surface area contributed by atoms with Crippen molar-refractivity contribution in [1.82, 2.24) is 0 Å². The van der Waals surface area contributed by atoms with Crippen LogP contribution in [0.5, 0.6) is 0 Å². The van der Waals surface area contributed by atoms with Crippen molar-refractivity contribution < 1.29 is 4.79 Å². The minimum atomic E-state index is -0.323. The summed E-state index contributed by atoms with van der Waals surface area (Å²) < 4.78 is 0. The molecule has 2 aromatic carbocycles. The van der Waals surface area contributed by atoms with Crippen LogP contribution < -0.4 is 16.4 Å². The van der Waals surface area contributed by atoms with Gasteiger partial charge in [0.15, 0.2) is 0 Å². The molecule has 0 saturated carbocycles. The zero-order chi connectivity index (χ0) is 15.8. The Bertz CT molecular complexity index is 600. The van der Waals surface area contributed by atoms with E-state index in [9.17, 15) is 4.79 Å². The zero-order valence-electron chi connectivity index (χ0n) is 12.4. The number of benzene rings is 2. The van der Waals surface area contributed by atoms with Crippen LogP contribution in [-0.4, -0.2) is 6.03 Å². The summed E-state index contributed by atoms with van der Waals surface area (Å²) in [6.07, 6.45) is 0. The number of nitrogens with one attached hydrogen (secondary N) is 2. The van der Waals surface area contributed by atoms with E-state index in [0.29, 0.717) is 16.4 Å². The summed E-state index contributed by atoms with van der Waals surface area (Å²) in [7, 11) is 0. The number of rotatable bonds is 2. The predicted molar refractivity (Wildman–Crippen MR) is 91.0 cm³/mol. The van der Waals surface area contributed by atoms with E-state index in [-0.39, 0.29) is 6.03 Å². The number of para-hydroxylation sites is 1. The molecule has 0 aliphatic heterocycles. The third-order valence-electron chi connectivity index (χ3n) is 2.62. The van der Waals surface area contributed by atoms with E-state index in [1.54, 1.807) is 12.1 Å². The first kappa shape index (κ1) is 16.9.